The first-order valence-electron chi connectivity index (χ1n) is 7.82. The van der Waals surface area contributed by atoms with E-state index in [1.807, 2.05) is 0 Å². The number of benzene rings is 1. The van der Waals surface area contributed by atoms with Gasteiger partial charge in [0.2, 0.25) is 0 Å². The predicted molar refractivity (Wildman–Crippen MR) is 83.4 cm³/mol. The molecule has 0 amide bonds. The largest absolute Gasteiger partial charge is 0.493 e. The first-order valence-corrected chi connectivity index (χ1v) is 7.82. The van der Waals surface area contributed by atoms with E-state index in [0.29, 0.717) is 23.7 Å². The fourth-order valence-electron chi connectivity index (χ4n) is 2.71. The lowest BCUT2D eigenvalue weighted by Gasteiger charge is -2.19. The van der Waals surface area contributed by atoms with Gasteiger partial charge in [0.05, 0.1) is 13.7 Å². The van der Waals surface area contributed by atoms with Gasteiger partial charge >= 0.3 is 0 Å². The highest BCUT2D eigenvalue weighted by Gasteiger charge is 2.09. The standard InChI is InChI=1S/C17H25NO3/c1-20-17-13-15(14-19)7-8-16(17)21-12-6-11-18-9-4-2-3-5-10-18/h7-8,13-14H,2-6,9-12H2,1H3. The van der Waals surface area contributed by atoms with Crippen LogP contribution in [0.1, 0.15) is 42.5 Å². The van der Waals surface area contributed by atoms with Gasteiger partial charge in [0.15, 0.2) is 11.5 Å². The minimum absolute atomic E-state index is 0.601. The molecule has 1 heterocycles. The summed E-state index contributed by atoms with van der Waals surface area (Å²) in [7, 11) is 1.59. The molecule has 1 aliphatic heterocycles. The van der Waals surface area contributed by atoms with E-state index in [0.717, 1.165) is 19.3 Å². The summed E-state index contributed by atoms with van der Waals surface area (Å²) in [4.78, 5) is 13.3. The minimum Gasteiger partial charge on any atom is -0.493 e. The maximum atomic E-state index is 10.7. The number of rotatable bonds is 7. The molecule has 4 nitrogen and oxygen atoms in total. The van der Waals surface area contributed by atoms with Crippen LogP contribution in [0.5, 0.6) is 11.5 Å². The van der Waals surface area contributed by atoms with Gasteiger partial charge in [-0.2, -0.15) is 0 Å². The van der Waals surface area contributed by atoms with Crippen molar-refractivity contribution in [3.05, 3.63) is 23.8 Å². The summed E-state index contributed by atoms with van der Waals surface area (Å²) in [5.41, 5.74) is 0.601. The molecule has 0 saturated carbocycles. The fraction of sp³-hybridized carbons (Fsp3) is 0.588. The molecule has 0 N–H and O–H groups in total. The smallest absolute Gasteiger partial charge is 0.161 e. The van der Waals surface area contributed by atoms with Crippen molar-refractivity contribution in [2.24, 2.45) is 0 Å². The van der Waals surface area contributed by atoms with Crippen LogP contribution in [0.15, 0.2) is 18.2 Å². The summed E-state index contributed by atoms with van der Waals surface area (Å²) >= 11 is 0. The van der Waals surface area contributed by atoms with Gasteiger partial charge in [-0.1, -0.05) is 12.8 Å². The fourth-order valence-corrected chi connectivity index (χ4v) is 2.71. The van der Waals surface area contributed by atoms with Gasteiger partial charge in [0, 0.05) is 12.1 Å². The van der Waals surface area contributed by atoms with Crippen molar-refractivity contribution in [2.75, 3.05) is 33.4 Å². The summed E-state index contributed by atoms with van der Waals surface area (Å²) in [5, 5.41) is 0. The molecule has 116 valence electrons. The Morgan fingerprint density at radius 2 is 1.90 bits per heavy atom. The average Bonchev–Trinajstić information content (AvgIpc) is 2.80. The van der Waals surface area contributed by atoms with E-state index in [9.17, 15) is 4.79 Å². The highest BCUT2D eigenvalue weighted by molar-refractivity contribution is 5.76. The molecule has 1 fully saturated rings. The van der Waals surface area contributed by atoms with E-state index in [-0.39, 0.29) is 0 Å². The van der Waals surface area contributed by atoms with Crippen molar-refractivity contribution in [2.45, 2.75) is 32.1 Å². The summed E-state index contributed by atoms with van der Waals surface area (Å²) in [5.74, 6) is 1.33. The molecule has 2 rings (SSSR count). The third-order valence-corrected chi connectivity index (χ3v) is 3.90. The van der Waals surface area contributed by atoms with Crippen LogP contribution in [-0.2, 0) is 0 Å². The van der Waals surface area contributed by atoms with Crippen molar-refractivity contribution < 1.29 is 14.3 Å². The Balaban J connectivity index is 1.76. The molecule has 0 spiro atoms. The van der Waals surface area contributed by atoms with E-state index >= 15 is 0 Å². The zero-order chi connectivity index (χ0) is 14.9. The van der Waals surface area contributed by atoms with Crippen LogP contribution >= 0.6 is 0 Å². The summed E-state index contributed by atoms with van der Waals surface area (Å²) in [6.07, 6.45) is 7.20. The van der Waals surface area contributed by atoms with Crippen LogP contribution in [0.25, 0.3) is 0 Å². The molecule has 1 saturated heterocycles. The number of carbonyl (C=O) groups excluding carboxylic acids is 1. The van der Waals surface area contributed by atoms with Gasteiger partial charge < -0.3 is 14.4 Å². The highest BCUT2D eigenvalue weighted by atomic mass is 16.5. The zero-order valence-electron chi connectivity index (χ0n) is 12.8. The van der Waals surface area contributed by atoms with Crippen LogP contribution < -0.4 is 9.47 Å². The molecule has 1 aliphatic rings. The third kappa shape index (κ3) is 5.05. The Morgan fingerprint density at radius 1 is 1.14 bits per heavy atom. The second-order valence-electron chi connectivity index (χ2n) is 5.49. The van der Waals surface area contributed by atoms with Gasteiger partial charge in [-0.3, -0.25) is 4.79 Å². The van der Waals surface area contributed by atoms with Gasteiger partial charge in [0.1, 0.15) is 6.29 Å². The molecule has 0 atom stereocenters. The lowest BCUT2D eigenvalue weighted by molar-refractivity contribution is 0.112. The van der Waals surface area contributed by atoms with Crippen molar-refractivity contribution in [1.29, 1.82) is 0 Å². The van der Waals surface area contributed by atoms with Gasteiger partial charge in [-0.25, -0.2) is 0 Å². The van der Waals surface area contributed by atoms with Crippen LogP contribution in [0.3, 0.4) is 0 Å². The number of hydrogen-bond acceptors (Lipinski definition) is 4. The number of aldehydes is 1. The van der Waals surface area contributed by atoms with Gasteiger partial charge in [-0.05, 0) is 50.6 Å². The molecule has 1 aromatic rings. The van der Waals surface area contributed by atoms with E-state index < -0.39 is 0 Å². The average molecular weight is 291 g/mol. The summed E-state index contributed by atoms with van der Waals surface area (Å²) in [6, 6.07) is 5.26. The van der Waals surface area contributed by atoms with E-state index in [2.05, 4.69) is 4.90 Å². The third-order valence-electron chi connectivity index (χ3n) is 3.90. The number of carbonyl (C=O) groups is 1. The Kier molecular flexibility index (Phi) is 6.54. The number of ether oxygens (including phenoxy) is 2. The first kappa shape index (κ1) is 15.8. The van der Waals surface area contributed by atoms with E-state index in [4.69, 9.17) is 9.47 Å². The lowest BCUT2D eigenvalue weighted by Crippen LogP contribution is -2.26. The van der Waals surface area contributed by atoms with Crippen LogP contribution in [0.2, 0.25) is 0 Å². The maximum Gasteiger partial charge on any atom is 0.161 e. The molecule has 0 radical (unpaired) electrons. The Morgan fingerprint density at radius 3 is 2.57 bits per heavy atom. The second-order valence-corrected chi connectivity index (χ2v) is 5.49. The molecule has 0 aliphatic carbocycles. The number of hydrogen-bond donors (Lipinski definition) is 0. The molecular formula is C17H25NO3. The van der Waals surface area contributed by atoms with Crippen molar-refractivity contribution in [3.63, 3.8) is 0 Å². The predicted octanol–water partition coefficient (Wildman–Crippen LogP) is 3.15. The minimum atomic E-state index is 0.601. The number of likely N-dealkylation sites (tertiary alicyclic amines) is 1. The SMILES string of the molecule is COc1cc(C=O)ccc1OCCCN1CCCCCC1. The lowest BCUT2D eigenvalue weighted by atomic mass is 10.2. The topological polar surface area (TPSA) is 38.8 Å². The number of methoxy groups -OCH3 is 1. The molecule has 0 bridgehead atoms. The molecule has 21 heavy (non-hydrogen) atoms. The highest BCUT2D eigenvalue weighted by Crippen LogP contribution is 2.27. The quantitative estimate of drug-likeness (QED) is 0.571. The van der Waals surface area contributed by atoms with Gasteiger partial charge in [0.25, 0.3) is 0 Å². The summed E-state index contributed by atoms with van der Waals surface area (Å²) in [6.45, 7) is 4.21. The normalized spacial score (nSPS) is 16.2. The van der Waals surface area contributed by atoms with Crippen LogP contribution in [0, 0.1) is 0 Å². The zero-order valence-corrected chi connectivity index (χ0v) is 12.8. The van der Waals surface area contributed by atoms with Gasteiger partial charge in [-0.15, -0.1) is 0 Å². The van der Waals surface area contributed by atoms with Crippen molar-refractivity contribution >= 4 is 6.29 Å². The molecular weight excluding hydrogens is 266 g/mol. The van der Waals surface area contributed by atoms with Crippen molar-refractivity contribution in [1.82, 2.24) is 4.90 Å². The monoisotopic (exact) mass is 291 g/mol. The number of nitrogens with zero attached hydrogens (tertiary/aromatic N) is 1. The first-order chi connectivity index (χ1) is 10.3. The molecule has 1 aromatic carbocycles. The molecule has 0 unspecified atom stereocenters. The van der Waals surface area contributed by atoms with Crippen molar-refractivity contribution in [3.8, 4) is 11.5 Å². The Labute approximate surface area is 127 Å². The van der Waals surface area contributed by atoms with E-state index in [1.165, 1.54) is 38.8 Å². The van der Waals surface area contributed by atoms with Crippen LogP contribution in [0.4, 0.5) is 0 Å². The molecule has 0 aromatic heterocycles. The van der Waals surface area contributed by atoms with Crippen LogP contribution in [-0.4, -0.2) is 44.5 Å². The second kappa shape index (κ2) is 8.67. The molecule has 4 heteroatoms. The Hall–Kier alpha value is -1.55. The summed E-state index contributed by atoms with van der Waals surface area (Å²) < 4.78 is 11.0. The maximum absolute atomic E-state index is 10.7. The van der Waals surface area contributed by atoms with E-state index in [1.54, 1.807) is 25.3 Å². The Bertz CT molecular complexity index is 440.